The van der Waals surface area contributed by atoms with E-state index in [1.165, 1.54) is 18.3 Å². The minimum absolute atomic E-state index is 0.0601. The number of rotatable bonds is 4. The molecule has 160 valence electrons. The summed E-state index contributed by atoms with van der Waals surface area (Å²) >= 11 is 0. The fourth-order valence-corrected chi connectivity index (χ4v) is 4.28. The molecule has 2 aromatic rings. The van der Waals surface area contributed by atoms with E-state index < -0.39 is 17.7 Å². The van der Waals surface area contributed by atoms with Gasteiger partial charge in [-0.2, -0.15) is 23.0 Å². The van der Waals surface area contributed by atoms with Crippen molar-refractivity contribution < 1.29 is 32.6 Å². The first kappa shape index (κ1) is 20.4. The van der Waals surface area contributed by atoms with Crippen LogP contribution in [0.15, 0.2) is 36.5 Å². The number of nitrogens with zero attached hydrogens (tertiary/aromatic N) is 3. The number of likely N-dealkylation sites (tertiary alicyclic amines) is 1. The Bertz CT molecular complexity index is 945. The predicted molar refractivity (Wildman–Crippen MR) is 97.8 cm³/mol. The Morgan fingerprint density at radius 2 is 1.87 bits per heavy atom. The van der Waals surface area contributed by atoms with E-state index in [9.17, 15) is 22.8 Å². The smallest absolute Gasteiger partial charge is 0.416 e. The molecule has 2 fully saturated rings. The number of benzene rings is 1. The maximum absolute atomic E-state index is 12.8. The highest BCUT2D eigenvalue weighted by Gasteiger charge is 2.43. The summed E-state index contributed by atoms with van der Waals surface area (Å²) in [6.45, 7) is 1.16. The van der Waals surface area contributed by atoms with E-state index in [1.54, 1.807) is 11.0 Å². The molecule has 1 saturated heterocycles. The number of carbonyl (C=O) groups is 2. The third kappa shape index (κ3) is 4.18. The fourth-order valence-electron chi connectivity index (χ4n) is 4.28. The summed E-state index contributed by atoms with van der Waals surface area (Å²) < 4.78 is 45.3. The molecule has 30 heavy (non-hydrogen) atoms. The maximum atomic E-state index is 12.8. The van der Waals surface area contributed by atoms with Crippen LogP contribution in [0.25, 0.3) is 0 Å². The van der Waals surface area contributed by atoms with E-state index in [4.69, 9.17) is 9.84 Å². The summed E-state index contributed by atoms with van der Waals surface area (Å²) in [7, 11) is 0. The fraction of sp³-hybridized carbons (Fsp3) is 0.450. The van der Waals surface area contributed by atoms with E-state index in [-0.39, 0.29) is 36.3 Å². The number of aromatic nitrogens is 2. The van der Waals surface area contributed by atoms with Crippen molar-refractivity contribution in [3.63, 3.8) is 0 Å². The van der Waals surface area contributed by atoms with Crippen molar-refractivity contribution in [2.75, 3.05) is 13.1 Å². The van der Waals surface area contributed by atoms with Crippen LogP contribution in [0.3, 0.4) is 0 Å². The van der Waals surface area contributed by atoms with Crippen LogP contribution >= 0.6 is 0 Å². The van der Waals surface area contributed by atoms with Crippen molar-refractivity contribution in [2.45, 2.75) is 31.7 Å². The Hall–Kier alpha value is -2.88. The van der Waals surface area contributed by atoms with Gasteiger partial charge in [0.1, 0.15) is 0 Å². The van der Waals surface area contributed by atoms with Gasteiger partial charge in [0.05, 0.1) is 18.3 Å². The largest absolute Gasteiger partial charge is 0.476 e. The lowest BCUT2D eigenvalue weighted by Crippen LogP contribution is -2.34. The molecule has 2 atom stereocenters. The monoisotopic (exact) mass is 423 g/mol. The standard InChI is InChI=1S/C20H20F3N3O4/c21-20(22,23)15-3-1-2-12(6-15)11-30-16-7-13-9-25(10-14(13)8-16)19(29)26-5-4-17(24-26)18(27)28/h1-6,13-14,16H,7-11H2,(H,27,28). The van der Waals surface area contributed by atoms with Gasteiger partial charge in [-0.3, -0.25) is 0 Å². The second kappa shape index (κ2) is 7.75. The Morgan fingerprint density at radius 3 is 2.47 bits per heavy atom. The Labute approximate surface area is 170 Å². The predicted octanol–water partition coefficient (Wildman–Crippen LogP) is 3.50. The average molecular weight is 423 g/mol. The molecule has 1 N–H and O–H groups in total. The molecule has 1 aromatic heterocycles. The van der Waals surface area contributed by atoms with Gasteiger partial charge in [-0.05, 0) is 48.4 Å². The number of hydrogen-bond acceptors (Lipinski definition) is 4. The van der Waals surface area contributed by atoms with Crippen LogP contribution in [-0.2, 0) is 17.5 Å². The van der Waals surface area contributed by atoms with Crippen LogP contribution in [0.4, 0.5) is 18.0 Å². The molecule has 2 unspecified atom stereocenters. The molecular weight excluding hydrogens is 403 g/mol. The van der Waals surface area contributed by atoms with Crippen LogP contribution in [0, 0.1) is 11.8 Å². The van der Waals surface area contributed by atoms with E-state index >= 15 is 0 Å². The summed E-state index contributed by atoms with van der Waals surface area (Å²) in [5.41, 5.74) is -0.400. The van der Waals surface area contributed by atoms with Gasteiger partial charge in [0.25, 0.3) is 0 Å². The summed E-state index contributed by atoms with van der Waals surface area (Å²) in [5.74, 6) is -0.703. The molecule has 1 aliphatic heterocycles. The number of alkyl halides is 3. The quantitative estimate of drug-likeness (QED) is 0.814. The van der Waals surface area contributed by atoms with Crippen LogP contribution in [0.5, 0.6) is 0 Å². The van der Waals surface area contributed by atoms with Gasteiger partial charge in [0, 0.05) is 19.3 Å². The van der Waals surface area contributed by atoms with Gasteiger partial charge < -0.3 is 14.7 Å². The number of carboxylic acid groups (broad SMARTS) is 1. The molecule has 1 aromatic carbocycles. The van der Waals surface area contributed by atoms with E-state index in [0.29, 0.717) is 18.7 Å². The van der Waals surface area contributed by atoms with Crippen molar-refractivity contribution in [3.05, 3.63) is 53.3 Å². The first-order valence-corrected chi connectivity index (χ1v) is 9.56. The van der Waals surface area contributed by atoms with Crippen molar-refractivity contribution in [2.24, 2.45) is 11.8 Å². The molecule has 2 aliphatic rings. The summed E-state index contributed by atoms with van der Waals surface area (Å²) in [5, 5.41) is 12.7. The molecule has 0 bridgehead atoms. The topological polar surface area (TPSA) is 84.7 Å². The zero-order valence-corrected chi connectivity index (χ0v) is 15.9. The lowest BCUT2D eigenvalue weighted by molar-refractivity contribution is -0.137. The number of amides is 1. The molecule has 7 nitrogen and oxygen atoms in total. The number of hydrogen-bond donors (Lipinski definition) is 1. The number of carbonyl (C=O) groups excluding carboxylic acids is 1. The molecular formula is C20H20F3N3O4. The minimum atomic E-state index is -4.38. The highest BCUT2D eigenvalue weighted by atomic mass is 19.4. The molecule has 2 heterocycles. The van der Waals surface area contributed by atoms with E-state index in [2.05, 4.69) is 5.10 Å². The third-order valence-corrected chi connectivity index (χ3v) is 5.72. The van der Waals surface area contributed by atoms with Gasteiger partial charge in [-0.25, -0.2) is 9.59 Å². The first-order valence-electron chi connectivity index (χ1n) is 9.56. The highest BCUT2D eigenvalue weighted by molar-refractivity contribution is 5.86. The number of ether oxygens (including phenoxy) is 1. The summed E-state index contributed by atoms with van der Waals surface area (Å²) in [4.78, 5) is 25.1. The van der Waals surface area contributed by atoms with Gasteiger partial charge in [0.15, 0.2) is 5.69 Å². The third-order valence-electron chi connectivity index (χ3n) is 5.72. The highest BCUT2D eigenvalue weighted by Crippen LogP contribution is 2.40. The number of halogens is 3. The second-order valence-electron chi connectivity index (χ2n) is 7.76. The SMILES string of the molecule is O=C(O)c1ccn(C(=O)N2CC3CC(OCc4cccc(C(F)(F)F)c4)CC3C2)n1. The van der Waals surface area contributed by atoms with Gasteiger partial charge in [-0.15, -0.1) is 0 Å². The van der Waals surface area contributed by atoms with Gasteiger partial charge >= 0.3 is 18.2 Å². The lowest BCUT2D eigenvalue weighted by atomic mass is 10.0. The molecule has 1 amide bonds. The van der Waals surface area contributed by atoms with Crippen LogP contribution < -0.4 is 0 Å². The zero-order chi connectivity index (χ0) is 21.5. The Morgan fingerprint density at radius 1 is 1.17 bits per heavy atom. The molecule has 1 aliphatic carbocycles. The molecule has 10 heteroatoms. The maximum Gasteiger partial charge on any atom is 0.416 e. The second-order valence-corrected chi connectivity index (χ2v) is 7.76. The van der Waals surface area contributed by atoms with Crippen LogP contribution in [0.1, 0.15) is 34.5 Å². The Balaban J connectivity index is 1.29. The average Bonchev–Trinajstić information content (AvgIpc) is 3.40. The Kier molecular flexibility index (Phi) is 5.27. The number of carboxylic acids is 1. The van der Waals surface area contributed by atoms with Crippen molar-refractivity contribution >= 4 is 12.0 Å². The van der Waals surface area contributed by atoms with E-state index in [0.717, 1.165) is 29.7 Å². The van der Waals surface area contributed by atoms with Crippen molar-refractivity contribution in [1.29, 1.82) is 0 Å². The molecule has 0 radical (unpaired) electrons. The number of fused-ring (bicyclic) bond motifs is 1. The lowest BCUT2D eigenvalue weighted by Gasteiger charge is -2.19. The zero-order valence-electron chi connectivity index (χ0n) is 15.9. The van der Waals surface area contributed by atoms with Crippen LogP contribution in [-0.4, -0.2) is 51.0 Å². The summed E-state index contributed by atoms with van der Waals surface area (Å²) in [6.07, 6.45) is -1.65. The molecule has 1 saturated carbocycles. The van der Waals surface area contributed by atoms with Gasteiger partial charge in [-0.1, -0.05) is 12.1 Å². The van der Waals surface area contributed by atoms with Crippen molar-refractivity contribution in [3.8, 4) is 0 Å². The van der Waals surface area contributed by atoms with Crippen molar-refractivity contribution in [1.82, 2.24) is 14.7 Å². The number of aromatic carboxylic acids is 1. The van der Waals surface area contributed by atoms with E-state index in [1.807, 2.05) is 0 Å². The van der Waals surface area contributed by atoms with Gasteiger partial charge in [0.2, 0.25) is 0 Å². The van der Waals surface area contributed by atoms with Crippen LogP contribution in [0.2, 0.25) is 0 Å². The normalized spacial score (nSPS) is 23.6. The first-order chi connectivity index (χ1) is 14.2. The molecule has 4 rings (SSSR count). The molecule has 0 spiro atoms. The minimum Gasteiger partial charge on any atom is -0.476 e. The summed E-state index contributed by atoms with van der Waals surface area (Å²) in [6, 6.07) is 6.04.